The average molecular weight is 352 g/mol. The minimum atomic E-state index is -3.22. The second-order valence-corrected chi connectivity index (χ2v) is 8.11. The molecule has 2 heterocycles. The van der Waals surface area contributed by atoms with E-state index < -0.39 is 15.9 Å². The Balaban J connectivity index is 1.79. The molecule has 8 heteroatoms. The largest absolute Gasteiger partial charge is 0.344 e. The van der Waals surface area contributed by atoms with E-state index in [4.69, 9.17) is 0 Å². The number of carbonyl (C=O) groups excluding carboxylic acids is 1. The van der Waals surface area contributed by atoms with Crippen molar-refractivity contribution >= 4 is 27.1 Å². The molecule has 1 N–H and O–H groups in total. The number of aromatic nitrogens is 1. The summed E-state index contributed by atoms with van der Waals surface area (Å²) >= 11 is 1.19. The van der Waals surface area contributed by atoms with E-state index in [0.717, 1.165) is 11.0 Å². The molecule has 1 atom stereocenters. The highest BCUT2D eigenvalue weighted by atomic mass is 32.2. The van der Waals surface area contributed by atoms with Crippen LogP contribution in [0.5, 0.6) is 0 Å². The highest BCUT2D eigenvalue weighted by Crippen LogP contribution is 2.28. The molecule has 0 bridgehead atoms. The quantitative estimate of drug-likeness (QED) is 0.920. The minimum Gasteiger partial charge on any atom is -0.344 e. The average Bonchev–Trinajstić information content (AvgIpc) is 3.02. The van der Waals surface area contributed by atoms with E-state index in [2.05, 4.69) is 10.3 Å². The number of nitrogens with one attached hydrogen (secondary N) is 1. The summed E-state index contributed by atoms with van der Waals surface area (Å²) in [5.41, 5.74) is 1.28. The van der Waals surface area contributed by atoms with Crippen LogP contribution in [0, 0.1) is 12.7 Å². The van der Waals surface area contributed by atoms with Gasteiger partial charge >= 0.3 is 0 Å². The van der Waals surface area contributed by atoms with Gasteiger partial charge in [-0.15, -0.1) is 11.3 Å². The van der Waals surface area contributed by atoms with Gasteiger partial charge in [0.25, 0.3) is 5.91 Å². The van der Waals surface area contributed by atoms with Crippen LogP contribution in [0.4, 0.5) is 4.39 Å². The van der Waals surface area contributed by atoms with Gasteiger partial charge in [0.15, 0.2) is 9.84 Å². The Labute approximate surface area is 136 Å². The fourth-order valence-electron chi connectivity index (χ4n) is 2.22. The summed E-state index contributed by atoms with van der Waals surface area (Å²) in [5.74, 6) is -0.823. The summed E-state index contributed by atoms with van der Waals surface area (Å²) in [4.78, 5) is 17.1. The standard InChI is InChI=1S/C15H13FN2O3S2/c1-9-13(14(19)18-12-6-7-23(20,21)8-12)22-15(17-9)10-2-4-11(16)5-3-10/h2-7,12H,8H2,1H3,(H,18,19). The lowest BCUT2D eigenvalue weighted by atomic mass is 10.2. The van der Waals surface area contributed by atoms with Gasteiger partial charge in [-0.25, -0.2) is 17.8 Å². The third-order valence-corrected chi connectivity index (χ3v) is 5.94. The summed E-state index contributed by atoms with van der Waals surface area (Å²) in [7, 11) is -3.22. The molecule has 0 fully saturated rings. The number of halogens is 1. The van der Waals surface area contributed by atoms with Crippen LogP contribution in [-0.2, 0) is 9.84 Å². The first kappa shape index (κ1) is 15.8. The van der Waals surface area contributed by atoms with Crippen LogP contribution >= 0.6 is 11.3 Å². The second-order valence-electron chi connectivity index (χ2n) is 5.18. The first-order valence-corrected chi connectivity index (χ1v) is 9.32. The molecule has 3 rings (SSSR count). The summed E-state index contributed by atoms with van der Waals surface area (Å²) in [6.07, 6.45) is 1.46. The van der Waals surface area contributed by atoms with Gasteiger partial charge in [-0.1, -0.05) is 0 Å². The molecule has 0 saturated carbocycles. The van der Waals surface area contributed by atoms with E-state index in [0.29, 0.717) is 15.6 Å². The van der Waals surface area contributed by atoms with Gasteiger partial charge in [-0.05, 0) is 37.3 Å². The molecule has 0 saturated heterocycles. The molecule has 120 valence electrons. The molecule has 0 spiro atoms. The lowest BCUT2D eigenvalue weighted by Gasteiger charge is -2.08. The molecular weight excluding hydrogens is 339 g/mol. The Bertz CT molecular complexity index is 886. The van der Waals surface area contributed by atoms with E-state index in [1.165, 1.54) is 29.5 Å². The fourth-order valence-corrected chi connectivity index (χ4v) is 4.43. The smallest absolute Gasteiger partial charge is 0.263 e. The lowest BCUT2D eigenvalue weighted by molar-refractivity contribution is 0.0951. The Morgan fingerprint density at radius 1 is 1.35 bits per heavy atom. The topological polar surface area (TPSA) is 76.1 Å². The number of sulfone groups is 1. The number of aryl methyl sites for hydroxylation is 1. The molecule has 2 aromatic rings. The molecule has 1 aromatic heterocycles. The maximum Gasteiger partial charge on any atom is 0.263 e. The SMILES string of the molecule is Cc1nc(-c2ccc(F)cc2)sc1C(=O)NC1C=CS(=O)(=O)C1. The molecule has 0 aliphatic carbocycles. The van der Waals surface area contributed by atoms with Crippen LogP contribution in [-0.4, -0.2) is 31.1 Å². The molecule has 1 aromatic carbocycles. The van der Waals surface area contributed by atoms with Crippen LogP contribution in [0.1, 0.15) is 15.4 Å². The van der Waals surface area contributed by atoms with Crippen molar-refractivity contribution in [2.24, 2.45) is 0 Å². The predicted molar refractivity (Wildman–Crippen MR) is 86.4 cm³/mol. The van der Waals surface area contributed by atoms with E-state index in [-0.39, 0.29) is 17.5 Å². The molecule has 1 amide bonds. The van der Waals surface area contributed by atoms with E-state index in [1.807, 2.05) is 0 Å². The van der Waals surface area contributed by atoms with Crippen molar-refractivity contribution < 1.29 is 17.6 Å². The number of rotatable bonds is 3. The third kappa shape index (κ3) is 3.48. The van der Waals surface area contributed by atoms with Crippen molar-refractivity contribution in [3.8, 4) is 10.6 Å². The van der Waals surface area contributed by atoms with Gasteiger partial charge < -0.3 is 5.32 Å². The number of amides is 1. The van der Waals surface area contributed by atoms with Gasteiger partial charge in [0.2, 0.25) is 0 Å². The van der Waals surface area contributed by atoms with Crippen molar-refractivity contribution in [1.82, 2.24) is 10.3 Å². The van der Waals surface area contributed by atoms with Crippen LogP contribution < -0.4 is 5.32 Å². The maximum atomic E-state index is 13.0. The molecule has 5 nitrogen and oxygen atoms in total. The number of benzene rings is 1. The second kappa shape index (κ2) is 5.86. The molecular formula is C15H13FN2O3S2. The van der Waals surface area contributed by atoms with Crippen LogP contribution in [0.25, 0.3) is 10.6 Å². The van der Waals surface area contributed by atoms with E-state index >= 15 is 0 Å². The van der Waals surface area contributed by atoms with Crippen molar-refractivity contribution in [1.29, 1.82) is 0 Å². The Kier molecular flexibility index (Phi) is 4.03. The first-order valence-electron chi connectivity index (χ1n) is 6.79. The van der Waals surface area contributed by atoms with E-state index in [9.17, 15) is 17.6 Å². The summed E-state index contributed by atoms with van der Waals surface area (Å²) in [6, 6.07) is 5.34. The third-order valence-electron chi connectivity index (χ3n) is 3.34. The first-order chi connectivity index (χ1) is 10.8. The molecule has 1 aliphatic rings. The number of hydrogen-bond donors (Lipinski definition) is 1. The Hall–Kier alpha value is -2.06. The van der Waals surface area contributed by atoms with Gasteiger partial charge in [0, 0.05) is 11.0 Å². The zero-order chi connectivity index (χ0) is 16.6. The van der Waals surface area contributed by atoms with Crippen LogP contribution in [0.15, 0.2) is 35.7 Å². The summed E-state index contributed by atoms with van der Waals surface area (Å²) < 4.78 is 35.7. The Morgan fingerprint density at radius 3 is 2.65 bits per heavy atom. The number of hydrogen-bond acceptors (Lipinski definition) is 5. The Morgan fingerprint density at radius 2 is 2.04 bits per heavy atom. The summed E-state index contributed by atoms with van der Waals surface area (Å²) in [5, 5.41) is 4.40. The van der Waals surface area contributed by atoms with Gasteiger partial charge in [0.05, 0.1) is 17.5 Å². The number of carbonyl (C=O) groups is 1. The zero-order valence-corrected chi connectivity index (χ0v) is 13.7. The highest BCUT2D eigenvalue weighted by molar-refractivity contribution is 7.94. The van der Waals surface area contributed by atoms with Crippen molar-refractivity contribution in [2.45, 2.75) is 13.0 Å². The van der Waals surface area contributed by atoms with Crippen LogP contribution in [0.3, 0.4) is 0 Å². The highest BCUT2D eigenvalue weighted by Gasteiger charge is 2.25. The predicted octanol–water partition coefficient (Wildman–Crippen LogP) is 2.30. The monoisotopic (exact) mass is 352 g/mol. The van der Waals surface area contributed by atoms with Gasteiger partial charge in [-0.3, -0.25) is 4.79 Å². The summed E-state index contributed by atoms with van der Waals surface area (Å²) in [6.45, 7) is 1.71. The van der Waals surface area contributed by atoms with Gasteiger partial charge in [0.1, 0.15) is 15.7 Å². The lowest BCUT2D eigenvalue weighted by Crippen LogP contribution is -2.35. The zero-order valence-electron chi connectivity index (χ0n) is 12.1. The van der Waals surface area contributed by atoms with Crippen LogP contribution in [0.2, 0.25) is 0 Å². The van der Waals surface area contributed by atoms with Crippen molar-refractivity contribution in [3.63, 3.8) is 0 Å². The minimum absolute atomic E-state index is 0.124. The molecule has 0 radical (unpaired) electrons. The maximum absolute atomic E-state index is 13.0. The normalized spacial score (nSPS) is 19.0. The molecule has 23 heavy (non-hydrogen) atoms. The van der Waals surface area contributed by atoms with Crippen molar-refractivity contribution in [2.75, 3.05) is 5.75 Å². The number of nitrogens with zero attached hydrogens (tertiary/aromatic N) is 1. The number of thiazole rings is 1. The van der Waals surface area contributed by atoms with E-state index in [1.54, 1.807) is 19.1 Å². The fraction of sp³-hybridized carbons (Fsp3) is 0.200. The van der Waals surface area contributed by atoms with Gasteiger partial charge in [-0.2, -0.15) is 0 Å². The molecule has 1 unspecified atom stereocenters. The molecule has 1 aliphatic heterocycles. The van der Waals surface area contributed by atoms with Crippen molar-refractivity contribution in [3.05, 3.63) is 52.1 Å².